The summed E-state index contributed by atoms with van der Waals surface area (Å²) >= 11 is 0. The van der Waals surface area contributed by atoms with Gasteiger partial charge in [-0.3, -0.25) is 14.4 Å². The first-order valence-corrected chi connectivity index (χ1v) is 11.4. The Kier molecular flexibility index (Phi) is 5.58. The Labute approximate surface area is 186 Å². The number of carbonyl (C=O) groups excluding carboxylic acids is 2. The van der Waals surface area contributed by atoms with Gasteiger partial charge in [-0.05, 0) is 31.0 Å². The third-order valence-electron chi connectivity index (χ3n) is 7.00. The average molecular weight is 440 g/mol. The number of ether oxygens (including phenoxy) is 1. The summed E-state index contributed by atoms with van der Waals surface area (Å²) < 4.78 is 6.88. The fourth-order valence-electron chi connectivity index (χ4n) is 5.09. The van der Waals surface area contributed by atoms with E-state index in [-0.39, 0.29) is 29.3 Å². The van der Waals surface area contributed by atoms with Crippen molar-refractivity contribution in [2.75, 3.05) is 50.8 Å². The SMILES string of the molecule is Cn1cnc2cc(N3CCN(C(=O)C4CC(=O)N(C5CCOCC5)C4)CC3)ccc2c1=O. The molecule has 0 N–H and O–H groups in total. The van der Waals surface area contributed by atoms with Gasteiger partial charge in [0.25, 0.3) is 5.56 Å². The van der Waals surface area contributed by atoms with Crippen molar-refractivity contribution in [3.05, 3.63) is 34.9 Å². The molecule has 1 unspecified atom stereocenters. The standard InChI is InChI=1S/C23H29N5O4/c1-25-15-24-20-13-18(2-3-19(20)23(25)31)26-6-8-27(9-7-26)22(30)16-12-21(29)28(14-16)17-4-10-32-11-5-17/h2-3,13,15-17H,4-12,14H2,1H3. The maximum atomic E-state index is 13.1. The zero-order valence-corrected chi connectivity index (χ0v) is 18.4. The van der Waals surface area contributed by atoms with Crippen LogP contribution in [0.2, 0.25) is 0 Å². The largest absolute Gasteiger partial charge is 0.381 e. The second-order valence-corrected chi connectivity index (χ2v) is 8.97. The van der Waals surface area contributed by atoms with E-state index >= 15 is 0 Å². The smallest absolute Gasteiger partial charge is 0.260 e. The van der Waals surface area contributed by atoms with Crippen LogP contribution in [0.4, 0.5) is 5.69 Å². The van der Waals surface area contributed by atoms with Gasteiger partial charge in [0.05, 0.1) is 23.1 Å². The molecule has 0 saturated carbocycles. The van der Waals surface area contributed by atoms with E-state index in [0.717, 1.165) is 18.5 Å². The van der Waals surface area contributed by atoms with Gasteiger partial charge >= 0.3 is 0 Å². The first kappa shape index (κ1) is 20.9. The molecule has 4 heterocycles. The van der Waals surface area contributed by atoms with Gasteiger partial charge < -0.3 is 24.0 Å². The van der Waals surface area contributed by atoms with Crippen LogP contribution in [-0.2, 0) is 21.4 Å². The molecule has 32 heavy (non-hydrogen) atoms. The molecule has 5 rings (SSSR count). The van der Waals surface area contributed by atoms with Gasteiger partial charge in [-0.15, -0.1) is 0 Å². The number of likely N-dealkylation sites (tertiary alicyclic amines) is 1. The van der Waals surface area contributed by atoms with Crippen LogP contribution in [-0.4, -0.2) is 83.1 Å². The van der Waals surface area contributed by atoms with Crippen LogP contribution >= 0.6 is 0 Å². The second-order valence-electron chi connectivity index (χ2n) is 8.97. The van der Waals surface area contributed by atoms with Crippen molar-refractivity contribution in [2.45, 2.75) is 25.3 Å². The van der Waals surface area contributed by atoms with E-state index in [2.05, 4.69) is 9.88 Å². The van der Waals surface area contributed by atoms with Crippen molar-refractivity contribution >= 4 is 28.4 Å². The molecule has 0 radical (unpaired) electrons. The highest BCUT2D eigenvalue weighted by molar-refractivity contribution is 5.89. The monoisotopic (exact) mass is 439 g/mol. The maximum Gasteiger partial charge on any atom is 0.260 e. The number of fused-ring (bicyclic) bond motifs is 1. The van der Waals surface area contributed by atoms with Crippen molar-refractivity contribution < 1.29 is 14.3 Å². The van der Waals surface area contributed by atoms with Gasteiger partial charge in [0.2, 0.25) is 11.8 Å². The Bertz CT molecular complexity index is 1090. The predicted molar refractivity (Wildman–Crippen MR) is 119 cm³/mol. The minimum atomic E-state index is -0.238. The lowest BCUT2D eigenvalue weighted by atomic mass is 10.1. The predicted octanol–water partition coefficient (Wildman–Crippen LogP) is 0.610. The molecular weight excluding hydrogens is 410 g/mol. The number of aromatic nitrogens is 2. The Morgan fingerprint density at radius 3 is 2.59 bits per heavy atom. The highest BCUT2D eigenvalue weighted by Crippen LogP contribution is 2.27. The summed E-state index contributed by atoms with van der Waals surface area (Å²) in [6.07, 6.45) is 3.58. The topological polar surface area (TPSA) is 88.0 Å². The van der Waals surface area contributed by atoms with Crippen LogP contribution in [0.25, 0.3) is 10.9 Å². The molecule has 2 amide bonds. The Morgan fingerprint density at radius 1 is 1.09 bits per heavy atom. The molecule has 2 aromatic rings. The van der Waals surface area contributed by atoms with Crippen molar-refractivity contribution in [3.63, 3.8) is 0 Å². The minimum Gasteiger partial charge on any atom is -0.381 e. The average Bonchev–Trinajstić information content (AvgIpc) is 3.23. The number of anilines is 1. The van der Waals surface area contributed by atoms with Gasteiger partial charge in [0.1, 0.15) is 0 Å². The van der Waals surface area contributed by atoms with Crippen LogP contribution in [0.3, 0.4) is 0 Å². The zero-order chi connectivity index (χ0) is 22.2. The molecule has 9 heteroatoms. The first-order chi connectivity index (χ1) is 15.5. The summed E-state index contributed by atoms with van der Waals surface area (Å²) in [5.41, 5.74) is 1.63. The van der Waals surface area contributed by atoms with E-state index in [1.807, 2.05) is 28.0 Å². The number of benzene rings is 1. The minimum absolute atomic E-state index is 0.0575. The number of carbonyl (C=O) groups is 2. The molecular formula is C23H29N5O4. The molecule has 170 valence electrons. The zero-order valence-electron chi connectivity index (χ0n) is 18.4. The third kappa shape index (κ3) is 3.85. The van der Waals surface area contributed by atoms with Crippen LogP contribution in [0.15, 0.2) is 29.3 Å². The summed E-state index contributed by atoms with van der Waals surface area (Å²) in [5, 5.41) is 0.604. The number of aryl methyl sites for hydroxylation is 1. The lowest BCUT2D eigenvalue weighted by Gasteiger charge is -2.37. The Morgan fingerprint density at radius 2 is 1.84 bits per heavy atom. The lowest BCUT2D eigenvalue weighted by molar-refractivity contribution is -0.136. The summed E-state index contributed by atoms with van der Waals surface area (Å²) in [6, 6.07) is 5.93. The van der Waals surface area contributed by atoms with E-state index in [9.17, 15) is 14.4 Å². The first-order valence-electron chi connectivity index (χ1n) is 11.4. The molecule has 1 aromatic heterocycles. The number of hydrogen-bond donors (Lipinski definition) is 0. The number of amides is 2. The fourth-order valence-corrected chi connectivity index (χ4v) is 5.09. The molecule has 3 saturated heterocycles. The van der Waals surface area contributed by atoms with Gasteiger partial charge in [-0.1, -0.05) is 0 Å². The van der Waals surface area contributed by atoms with Gasteiger partial charge in [-0.25, -0.2) is 4.98 Å². The van der Waals surface area contributed by atoms with Gasteiger partial charge in [-0.2, -0.15) is 0 Å². The van der Waals surface area contributed by atoms with Crippen molar-refractivity contribution in [3.8, 4) is 0 Å². The number of piperazine rings is 1. The molecule has 0 spiro atoms. The van der Waals surface area contributed by atoms with E-state index in [1.54, 1.807) is 7.05 Å². The van der Waals surface area contributed by atoms with Gasteiger partial charge in [0, 0.05) is 71.1 Å². The summed E-state index contributed by atoms with van der Waals surface area (Å²) in [6.45, 7) is 4.60. The molecule has 9 nitrogen and oxygen atoms in total. The molecule has 1 atom stereocenters. The molecule has 1 aromatic carbocycles. The Hall–Kier alpha value is -2.94. The second kappa shape index (κ2) is 8.54. The summed E-state index contributed by atoms with van der Waals surface area (Å²) in [5.74, 6) is -0.0436. The molecule has 3 aliphatic rings. The lowest BCUT2D eigenvalue weighted by Crippen LogP contribution is -2.51. The number of nitrogens with zero attached hydrogens (tertiary/aromatic N) is 5. The van der Waals surface area contributed by atoms with Crippen molar-refractivity contribution in [1.29, 1.82) is 0 Å². The summed E-state index contributed by atoms with van der Waals surface area (Å²) in [7, 11) is 1.69. The van der Waals surface area contributed by atoms with E-state index in [4.69, 9.17) is 4.74 Å². The van der Waals surface area contributed by atoms with Crippen LogP contribution in [0, 0.1) is 5.92 Å². The van der Waals surface area contributed by atoms with Crippen molar-refractivity contribution in [1.82, 2.24) is 19.4 Å². The van der Waals surface area contributed by atoms with Crippen LogP contribution in [0.1, 0.15) is 19.3 Å². The Balaban J connectivity index is 1.21. The molecule has 0 bridgehead atoms. The van der Waals surface area contributed by atoms with E-state index < -0.39 is 0 Å². The normalized spacial score (nSPS) is 22.7. The number of hydrogen-bond acceptors (Lipinski definition) is 6. The quantitative estimate of drug-likeness (QED) is 0.697. The van der Waals surface area contributed by atoms with Crippen molar-refractivity contribution in [2.24, 2.45) is 13.0 Å². The van der Waals surface area contributed by atoms with E-state index in [0.29, 0.717) is 63.3 Å². The molecule has 3 fully saturated rings. The molecule has 3 aliphatic heterocycles. The van der Waals surface area contributed by atoms with Crippen LogP contribution < -0.4 is 10.5 Å². The van der Waals surface area contributed by atoms with Gasteiger partial charge in [0.15, 0.2) is 0 Å². The van der Waals surface area contributed by atoms with Crippen LogP contribution in [0.5, 0.6) is 0 Å². The number of rotatable bonds is 3. The highest BCUT2D eigenvalue weighted by atomic mass is 16.5. The fraction of sp³-hybridized carbons (Fsp3) is 0.565. The van der Waals surface area contributed by atoms with E-state index in [1.165, 1.54) is 10.9 Å². The highest BCUT2D eigenvalue weighted by Gasteiger charge is 2.40. The molecule has 0 aliphatic carbocycles. The summed E-state index contributed by atoms with van der Waals surface area (Å²) in [4.78, 5) is 48.3. The third-order valence-corrected chi connectivity index (χ3v) is 7.00. The maximum absolute atomic E-state index is 13.1.